The first kappa shape index (κ1) is 17.9. The Morgan fingerprint density at radius 3 is 2.65 bits per heavy atom. The molecule has 3 aromatic rings. The maximum absolute atomic E-state index is 12.3. The molecule has 6 heteroatoms. The van der Waals surface area contributed by atoms with E-state index in [0.29, 0.717) is 6.54 Å². The fourth-order valence-corrected chi connectivity index (χ4v) is 2.93. The Kier molecular flexibility index (Phi) is 5.53. The molecule has 1 N–H and O–H groups in total. The lowest BCUT2D eigenvalue weighted by Crippen LogP contribution is -2.35. The van der Waals surface area contributed by atoms with E-state index in [4.69, 9.17) is 4.74 Å². The highest BCUT2D eigenvalue weighted by molar-refractivity contribution is 5.78. The zero-order valence-corrected chi connectivity index (χ0v) is 15.3. The number of fused-ring (bicyclic) bond motifs is 1. The normalized spacial score (nSPS) is 12.3. The van der Waals surface area contributed by atoms with Gasteiger partial charge in [-0.2, -0.15) is 0 Å². The first-order chi connectivity index (χ1) is 12.6. The number of aromatic nitrogens is 2. The minimum Gasteiger partial charge on any atom is -0.497 e. The number of imidazole rings is 1. The van der Waals surface area contributed by atoms with Crippen LogP contribution in [0.2, 0.25) is 0 Å². The molecule has 0 fully saturated rings. The van der Waals surface area contributed by atoms with Crippen LogP contribution in [-0.2, 0) is 11.2 Å². The van der Waals surface area contributed by atoms with Crippen LogP contribution < -0.4 is 10.1 Å². The molecule has 2 aromatic heterocycles. The quantitative estimate of drug-likeness (QED) is 0.709. The molecule has 2 heterocycles. The van der Waals surface area contributed by atoms with Gasteiger partial charge >= 0.3 is 0 Å². The van der Waals surface area contributed by atoms with Crippen LogP contribution in [0, 0.1) is 0 Å². The van der Waals surface area contributed by atoms with Gasteiger partial charge in [-0.25, -0.2) is 4.98 Å². The molecular weight excluding hydrogens is 328 g/mol. The van der Waals surface area contributed by atoms with Gasteiger partial charge in [-0.15, -0.1) is 0 Å². The van der Waals surface area contributed by atoms with E-state index in [9.17, 15) is 4.79 Å². The molecular formula is C20H24N4O2. The molecule has 1 amide bonds. The Labute approximate surface area is 153 Å². The number of likely N-dealkylation sites (N-methyl/N-ethyl adjacent to an activating group) is 1. The van der Waals surface area contributed by atoms with Gasteiger partial charge in [0, 0.05) is 18.9 Å². The minimum absolute atomic E-state index is 0.0335. The molecule has 1 unspecified atom stereocenters. The van der Waals surface area contributed by atoms with Crippen molar-refractivity contribution in [1.82, 2.24) is 19.6 Å². The van der Waals surface area contributed by atoms with E-state index in [1.54, 1.807) is 7.11 Å². The van der Waals surface area contributed by atoms with Gasteiger partial charge < -0.3 is 19.4 Å². The second kappa shape index (κ2) is 8.01. The molecule has 0 saturated carbocycles. The third-order valence-corrected chi connectivity index (χ3v) is 4.37. The van der Waals surface area contributed by atoms with Crippen molar-refractivity contribution in [1.29, 1.82) is 0 Å². The van der Waals surface area contributed by atoms with Crippen LogP contribution in [0.4, 0.5) is 0 Å². The Hall–Kier alpha value is -2.86. The van der Waals surface area contributed by atoms with Crippen LogP contribution in [0.1, 0.15) is 17.3 Å². The summed E-state index contributed by atoms with van der Waals surface area (Å²) < 4.78 is 7.13. The predicted molar refractivity (Wildman–Crippen MR) is 101 cm³/mol. The molecule has 0 bridgehead atoms. The number of carbonyl (C=O) groups is 1. The first-order valence-corrected chi connectivity index (χ1v) is 8.56. The molecule has 1 aromatic carbocycles. The molecule has 0 radical (unpaired) electrons. The highest BCUT2D eigenvalue weighted by Crippen LogP contribution is 2.20. The summed E-state index contributed by atoms with van der Waals surface area (Å²) in [6.45, 7) is 0.533. The first-order valence-electron chi connectivity index (χ1n) is 8.56. The summed E-state index contributed by atoms with van der Waals surface area (Å²) in [5.41, 5.74) is 2.74. The fraction of sp³-hybridized carbons (Fsp3) is 0.300. The van der Waals surface area contributed by atoms with E-state index >= 15 is 0 Å². The van der Waals surface area contributed by atoms with E-state index in [1.807, 2.05) is 73.4 Å². The molecule has 26 heavy (non-hydrogen) atoms. The van der Waals surface area contributed by atoms with Crippen molar-refractivity contribution in [3.8, 4) is 5.75 Å². The van der Waals surface area contributed by atoms with Crippen molar-refractivity contribution in [2.75, 3.05) is 27.7 Å². The average Bonchev–Trinajstić information content (AvgIpc) is 3.04. The zero-order valence-electron chi connectivity index (χ0n) is 15.3. The predicted octanol–water partition coefficient (Wildman–Crippen LogP) is 2.30. The summed E-state index contributed by atoms with van der Waals surface area (Å²) in [7, 11) is 5.66. The monoisotopic (exact) mass is 352 g/mol. The number of pyridine rings is 1. The van der Waals surface area contributed by atoms with Crippen LogP contribution >= 0.6 is 0 Å². The van der Waals surface area contributed by atoms with E-state index in [1.165, 1.54) is 0 Å². The number of hydrogen-bond donors (Lipinski definition) is 1. The number of rotatable bonds is 7. The summed E-state index contributed by atoms with van der Waals surface area (Å²) >= 11 is 0. The smallest absolute Gasteiger partial charge is 0.226 e. The molecule has 0 spiro atoms. The summed E-state index contributed by atoms with van der Waals surface area (Å²) in [6, 6.07) is 13.8. The summed E-state index contributed by atoms with van der Waals surface area (Å²) in [6.07, 6.45) is 4.09. The Balaban J connectivity index is 1.61. The second-order valence-electron chi connectivity index (χ2n) is 6.43. The fourth-order valence-electron chi connectivity index (χ4n) is 2.93. The highest BCUT2D eigenvalue weighted by atomic mass is 16.5. The largest absolute Gasteiger partial charge is 0.497 e. The van der Waals surface area contributed by atoms with Gasteiger partial charge in [0.2, 0.25) is 5.91 Å². The number of methoxy groups -OCH3 is 1. The molecule has 0 aliphatic rings. The summed E-state index contributed by atoms with van der Waals surface area (Å²) in [5.74, 6) is 0.788. The zero-order chi connectivity index (χ0) is 18.5. The molecule has 1 atom stereocenters. The number of amides is 1. The minimum atomic E-state index is -0.0335. The molecule has 0 saturated heterocycles. The molecule has 3 rings (SSSR count). The van der Waals surface area contributed by atoms with Crippen LogP contribution in [-0.4, -0.2) is 47.9 Å². The third kappa shape index (κ3) is 4.21. The number of ether oxygens (including phenoxy) is 1. The van der Waals surface area contributed by atoms with E-state index in [-0.39, 0.29) is 18.4 Å². The van der Waals surface area contributed by atoms with Gasteiger partial charge in [0.05, 0.1) is 25.3 Å². The topological polar surface area (TPSA) is 58.9 Å². The lowest BCUT2D eigenvalue weighted by Gasteiger charge is -2.25. The third-order valence-electron chi connectivity index (χ3n) is 4.37. The van der Waals surface area contributed by atoms with Crippen molar-refractivity contribution in [2.24, 2.45) is 0 Å². The van der Waals surface area contributed by atoms with Gasteiger partial charge in [-0.05, 0) is 43.9 Å². The van der Waals surface area contributed by atoms with Crippen LogP contribution in [0.25, 0.3) is 5.65 Å². The number of hydrogen-bond acceptors (Lipinski definition) is 4. The molecule has 0 aliphatic carbocycles. The maximum Gasteiger partial charge on any atom is 0.226 e. The van der Waals surface area contributed by atoms with Gasteiger partial charge in [-0.1, -0.05) is 18.2 Å². The van der Waals surface area contributed by atoms with E-state index in [2.05, 4.69) is 15.2 Å². The van der Waals surface area contributed by atoms with Gasteiger partial charge in [-0.3, -0.25) is 4.79 Å². The number of carbonyl (C=O) groups excluding carboxylic acids is 1. The molecule has 6 nitrogen and oxygen atoms in total. The highest BCUT2D eigenvalue weighted by Gasteiger charge is 2.16. The van der Waals surface area contributed by atoms with Crippen molar-refractivity contribution in [2.45, 2.75) is 12.5 Å². The maximum atomic E-state index is 12.3. The summed E-state index contributed by atoms with van der Waals surface area (Å²) in [4.78, 5) is 18.9. The molecule has 0 aliphatic heterocycles. The van der Waals surface area contributed by atoms with E-state index < -0.39 is 0 Å². The molecule has 136 valence electrons. The number of nitrogens with zero attached hydrogens (tertiary/aromatic N) is 3. The van der Waals surface area contributed by atoms with Crippen molar-refractivity contribution in [3.05, 3.63) is 66.1 Å². The van der Waals surface area contributed by atoms with Crippen LogP contribution in [0.3, 0.4) is 0 Å². The Morgan fingerprint density at radius 2 is 2.00 bits per heavy atom. The second-order valence-corrected chi connectivity index (χ2v) is 6.43. The van der Waals surface area contributed by atoms with Crippen LogP contribution in [0.15, 0.2) is 54.9 Å². The van der Waals surface area contributed by atoms with Gasteiger partial charge in [0.15, 0.2) is 0 Å². The van der Waals surface area contributed by atoms with Crippen molar-refractivity contribution >= 4 is 11.6 Å². The SMILES string of the molecule is COc1ccc(C(CNC(=O)Cc2cn3ccccc3n2)N(C)C)cc1. The Bertz CT molecular complexity index is 838. The number of nitrogens with one attached hydrogen (secondary N) is 1. The van der Waals surface area contributed by atoms with Gasteiger partial charge in [0.25, 0.3) is 0 Å². The van der Waals surface area contributed by atoms with Gasteiger partial charge in [0.1, 0.15) is 11.4 Å². The Morgan fingerprint density at radius 1 is 1.23 bits per heavy atom. The van der Waals surface area contributed by atoms with Crippen molar-refractivity contribution in [3.63, 3.8) is 0 Å². The average molecular weight is 352 g/mol. The lowest BCUT2D eigenvalue weighted by atomic mass is 10.1. The van der Waals surface area contributed by atoms with Crippen molar-refractivity contribution < 1.29 is 9.53 Å². The number of benzene rings is 1. The lowest BCUT2D eigenvalue weighted by molar-refractivity contribution is -0.120. The summed E-state index contributed by atoms with van der Waals surface area (Å²) in [5, 5.41) is 3.02. The standard InChI is InChI=1S/C20H24N4O2/c1-23(2)18(15-7-9-17(26-3)10-8-15)13-21-20(25)12-16-14-24-11-5-4-6-19(24)22-16/h4-11,14,18H,12-13H2,1-3H3,(H,21,25). The van der Waals surface area contributed by atoms with E-state index in [0.717, 1.165) is 22.7 Å². The van der Waals surface area contributed by atoms with Crippen LogP contribution in [0.5, 0.6) is 5.75 Å².